The highest BCUT2D eigenvalue weighted by Gasteiger charge is 2.00. The molecule has 1 unspecified atom stereocenters. The van der Waals surface area contributed by atoms with Crippen LogP contribution < -0.4 is 4.74 Å². The maximum atomic E-state index is 9.20. The molecule has 0 spiro atoms. The lowest BCUT2D eigenvalue weighted by atomic mass is 10.1. The maximum Gasteiger partial charge on any atom is 0.122 e. The smallest absolute Gasteiger partial charge is 0.122 e. The molecule has 1 aromatic heterocycles. The van der Waals surface area contributed by atoms with Crippen LogP contribution in [0.3, 0.4) is 0 Å². The minimum absolute atomic E-state index is 0.230. The van der Waals surface area contributed by atoms with Crippen LogP contribution >= 0.6 is 0 Å². The molecule has 1 atom stereocenters. The van der Waals surface area contributed by atoms with Gasteiger partial charge in [0.15, 0.2) is 0 Å². The van der Waals surface area contributed by atoms with Crippen molar-refractivity contribution >= 4 is 17.1 Å². The van der Waals surface area contributed by atoms with Crippen molar-refractivity contribution in [2.24, 2.45) is 0 Å². The molecule has 22 heavy (non-hydrogen) atoms. The van der Waals surface area contributed by atoms with Crippen LogP contribution in [-0.2, 0) is 0 Å². The quantitative estimate of drug-likeness (QED) is 0.595. The second-order valence-electron chi connectivity index (χ2n) is 5.23. The van der Waals surface area contributed by atoms with Gasteiger partial charge in [-0.25, -0.2) is 4.98 Å². The first-order chi connectivity index (χ1) is 10.7. The summed E-state index contributed by atoms with van der Waals surface area (Å²) in [6, 6.07) is 5.67. The number of aliphatic hydroxyl groups is 1. The van der Waals surface area contributed by atoms with Crippen LogP contribution in [0.2, 0.25) is 0 Å². The third-order valence-corrected chi connectivity index (χ3v) is 3.18. The summed E-state index contributed by atoms with van der Waals surface area (Å²) in [4.78, 5) is 8.97. The zero-order valence-electron chi connectivity index (χ0n) is 12.9. The Morgan fingerprint density at radius 3 is 3.00 bits per heavy atom. The van der Waals surface area contributed by atoms with Gasteiger partial charge in [-0.2, -0.15) is 0 Å². The third kappa shape index (κ3) is 4.97. The minimum atomic E-state index is -0.230. The van der Waals surface area contributed by atoms with E-state index in [-0.39, 0.29) is 6.10 Å². The lowest BCUT2D eigenvalue weighted by Crippen LogP contribution is -1.97. The Hall–Kier alpha value is -2.20. The van der Waals surface area contributed by atoms with E-state index in [1.807, 2.05) is 31.2 Å². The Labute approximate surface area is 131 Å². The van der Waals surface area contributed by atoms with Crippen molar-refractivity contribution in [2.45, 2.75) is 32.3 Å². The average Bonchev–Trinajstić information content (AvgIpc) is 2.52. The molecule has 0 saturated carbocycles. The molecule has 0 aliphatic rings. The standard InChI is InChI=1S/C18H22N2O2/c1-3-11-22-16-9-10-17-18(12-16)19-13-15(20-17)8-6-4-5-7-14(2)21/h3,6,8-10,12-14,21H,1,4-5,7,11H2,2H3/b8-6+. The monoisotopic (exact) mass is 298 g/mol. The molecule has 2 aromatic rings. The van der Waals surface area contributed by atoms with E-state index in [1.165, 1.54) is 0 Å². The van der Waals surface area contributed by atoms with Gasteiger partial charge in [-0.3, -0.25) is 4.98 Å². The first-order valence-electron chi connectivity index (χ1n) is 7.54. The van der Waals surface area contributed by atoms with Gasteiger partial charge in [-0.05, 0) is 44.4 Å². The fourth-order valence-electron chi connectivity index (χ4n) is 2.07. The van der Waals surface area contributed by atoms with Gasteiger partial charge in [-0.1, -0.05) is 18.7 Å². The zero-order valence-corrected chi connectivity index (χ0v) is 12.9. The number of unbranched alkanes of at least 4 members (excludes halogenated alkanes) is 1. The molecule has 0 fully saturated rings. The fraction of sp³-hybridized carbons (Fsp3) is 0.333. The molecule has 2 rings (SSSR count). The first-order valence-corrected chi connectivity index (χ1v) is 7.54. The normalized spacial score (nSPS) is 12.6. The molecule has 0 bridgehead atoms. The average molecular weight is 298 g/mol. The molecule has 0 saturated heterocycles. The molecule has 4 heteroatoms. The number of fused-ring (bicyclic) bond motifs is 1. The van der Waals surface area contributed by atoms with E-state index in [1.54, 1.807) is 12.3 Å². The Bertz CT molecular complexity index is 651. The summed E-state index contributed by atoms with van der Waals surface area (Å²) in [5.74, 6) is 0.767. The van der Waals surface area contributed by atoms with Crippen molar-refractivity contribution in [2.75, 3.05) is 6.61 Å². The lowest BCUT2D eigenvalue weighted by molar-refractivity contribution is 0.182. The Morgan fingerprint density at radius 2 is 2.23 bits per heavy atom. The number of allylic oxidation sites excluding steroid dienone is 1. The van der Waals surface area contributed by atoms with Crippen molar-refractivity contribution in [3.8, 4) is 5.75 Å². The predicted octanol–water partition coefficient (Wildman–Crippen LogP) is 3.76. The molecule has 1 heterocycles. The summed E-state index contributed by atoms with van der Waals surface area (Å²) in [6.45, 7) is 5.92. The predicted molar refractivity (Wildman–Crippen MR) is 89.8 cm³/mol. The van der Waals surface area contributed by atoms with E-state index in [9.17, 15) is 5.11 Å². The molecule has 0 radical (unpaired) electrons. The number of rotatable bonds is 8. The van der Waals surface area contributed by atoms with Crippen molar-refractivity contribution in [1.82, 2.24) is 9.97 Å². The van der Waals surface area contributed by atoms with E-state index in [0.29, 0.717) is 6.61 Å². The van der Waals surface area contributed by atoms with Crippen molar-refractivity contribution < 1.29 is 9.84 Å². The van der Waals surface area contributed by atoms with Gasteiger partial charge in [-0.15, -0.1) is 0 Å². The van der Waals surface area contributed by atoms with E-state index in [4.69, 9.17) is 4.74 Å². The number of nitrogens with zero attached hydrogens (tertiary/aromatic N) is 2. The highest BCUT2D eigenvalue weighted by atomic mass is 16.5. The summed E-state index contributed by atoms with van der Waals surface area (Å²) >= 11 is 0. The molecule has 4 nitrogen and oxygen atoms in total. The van der Waals surface area contributed by atoms with Crippen LogP contribution in [0.5, 0.6) is 5.75 Å². The van der Waals surface area contributed by atoms with Gasteiger partial charge in [0.05, 0.1) is 29.0 Å². The summed E-state index contributed by atoms with van der Waals surface area (Å²) < 4.78 is 5.48. The largest absolute Gasteiger partial charge is 0.489 e. The van der Waals surface area contributed by atoms with Gasteiger partial charge in [0.25, 0.3) is 0 Å². The van der Waals surface area contributed by atoms with Crippen molar-refractivity contribution in [1.29, 1.82) is 0 Å². The number of aromatic nitrogens is 2. The molecule has 0 amide bonds. The van der Waals surface area contributed by atoms with Gasteiger partial charge in [0, 0.05) is 6.07 Å². The zero-order chi connectivity index (χ0) is 15.8. The molecular weight excluding hydrogens is 276 g/mol. The molecule has 1 aromatic carbocycles. The van der Waals surface area contributed by atoms with Gasteiger partial charge < -0.3 is 9.84 Å². The third-order valence-electron chi connectivity index (χ3n) is 3.18. The van der Waals surface area contributed by atoms with Crippen LogP contribution in [0.15, 0.2) is 43.1 Å². The topological polar surface area (TPSA) is 55.2 Å². The van der Waals surface area contributed by atoms with Crippen LogP contribution in [-0.4, -0.2) is 27.8 Å². The van der Waals surface area contributed by atoms with Gasteiger partial charge >= 0.3 is 0 Å². The molecule has 116 valence electrons. The molecular formula is C18H22N2O2. The SMILES string of the molecule is C=CCOc1ccc2nc(/C=C/CCCC(C)O)cnc2c1. The summed E-state index contributed by atoms with van der Waals surface area (Å²) in [6.07, 6.45) is 9.99. The van der Waals surface area contributed by atoms with E-state index >= 15 is 0 Å². The van der Waals surface area contributed by atoms with E-state index in [0.717, 1.165) is 41.7 Å². The van der Waals surface area contributed by atoms with E-state index < -0.39 is 0 Å². The number of ether oxygens (including phenoxy) is 1. The summed E-state index contributed by atoms with van der Waals surface area (Å²) in [7, 11) is 0. The van der Waals surface area contributed by atoms with Crippen LogP contribution in [0, 0.1) is 0 Å². The van der Waals surface area contributed by atoms with Crippen LogP contribution in [0.25, 0.3) is 17.1 Å². The lowest BCUT2D eigenvalue weighted by Gasteiger charge is -2.04. The second kappa shape index (κ2) is 8.29. The first kappa shape index (κ1) is 16.2. The number of hydrogen-bond acceptors (Lipinski definition) is 4. The number of benzene rings is 1. The number of hydrogen-bond donors (Lipinski definition) is 1. The van der Waals surface area contributed by atoms with E-state index in [2.05, 4.69) is 22.6 Å². The highest BCUT2D eigenvalue weighted by Crippen LogP contribution is 2.18. The van der Waals surface area contributed by atoms with Gasteiger partial charge in [0.2, 0.25) is 0 Å². The highest BCUT2D eigenvalue weighted by molar-refractivity contribution is 5.76. The Kier molecular flexibility index (Phi) is 6.10. The van der Waals surface area contributed by atoms with Crippen LogP contribution in [0.1, 0.15) is 31.9 Å². The minimum Gasteiger partial charge on any atom is -0.489 e. The maximum absolute atomic E-state index is 9.20. The summed E-state index contributed by atoms with van der Waals surface area (Å²) in [5.41, 5.74) is 2.49. The molecule has 0 aliphatic carbocycles. The van der Waals surface area contributed by atoms with Crippen LogP contribution in [0.4, 0.5) is 0 Å². The number of aliphatic hydroxyl groups excluding tert-OH is 1. The second-order valence-corrected chi connectivity index (χ2v) is 5.23. The van der Waals surface area contributed by atoms with Crippen molar-refractivity contribution in [3.63, 3.8) is 0 Å². The Balaban J connectivity index is 2.01. The fourth-order valence-corrected chi connectivity index (χ4v) is 2.07. The van der Waals surface area contributed by atoms with Gasteiger partial charge in [0.1, 0.15) is 12.4 Å². The summed E-state index contributed by atoms with van der Waals surface area (Å²) in [5, 5.41) is 9.20. The molecule has 1 N–H and O–H groups in total. The Morgan fingerprint density at radius 1 is 1.36 bits per heavy atom. The van der Waals surface area contributed by atoms with Crippen molar-refractivity contribution in [3.05, 3.63) is 48.8 Å². The molecule has 0 aliphatic heterocycles.